The van der Waals surface area contributed by atoms with E-state index in [2.05, 4.69) is 40.7 Å². The van der Waals surface area contributed by atoms with E-state index in [-0.39, 0.29) is 17.9 Å². The fourth-order valence-corrected chi connectivity index (χ4v) is 4.34. The highest BCUT2D eigenvalue weighted by Gasteiger charge is 2.45. The first kappa shape index (κ1) is 16.4. The van der Waals surface area contributed by atoms with Crippen LogP contribution in [0.25, 0.3) is 0 Å². The summed E-state index contributed by atoms with van der Waals surface area (Å²) >= 11 is 0. The van der Waals surface area contributed by atoms with Crippen molar-refractivity contribution in [2.24, 2.45) is 18.9 Å². The molecule has 0 spiro atoms. The summed E-state index contributed by atoms with van der Waals surface area (Å²) < 4.78 is 1.82. The molecule has 1 aromatic carbocycles. The van der Waals surface area contributed by atoms with E-state index in [9.17, 15) is 4.79 Å². The highest BCUT2D eigenvalue weighted by molar-refractivity contribution is 5.83. The van der Waals surface area contributed by atoms with Gasteiger partial charge >= 0.3 is 0 Å². The van der Waals surface area contributed by atoms with Crippen LogP contribution in [0.5, 0.6) is 0 Å². The van der Waals surface area contributed by atoms with Crippen LogP contribution in [0.2, 0.25) is 0 Å². The lowest BCUT2D eigenvalue weighted by Gasteiger charge is -2.25. The van der Waals surface area contributed by atoms with Crippen molar-refractivity contribution < 1.29 is 4.79 Å². The molecule has 1 amide bonds. The molecule has 2 saturated carbocycles. The lowest BCUT2D eigenvalue weighted by molar-refractivity contribution is -0.123. The number of carbonyl (C=O) groups is 1. The molecule has 2 fully saturated rings. The van der Waals surface area contributed by atoms with Gasteiger partial charge in [0.2, 0.25) is 5.91 Å². The summed E-state index contributed by atoms with van der Waals surface area (Å²) in [5.41, 5.74) is 2.52. The molecule has 1 heterocycles. The maximum atomic E-state index is 12.8. The topological polar surface area (TPSA) is 46.9 Å². The number of aromatic nitrogens is 2. The number of nitrogens with one attached hydrogen (secondary N) is 1. The van der Waals surface area contributed by atoms with Gasteiger partial charge in [-0.15, -0.1) is 0 Å². The fourth-order valence-electron chi connectivity index (χ4n) is 4.34. The van der Waals surface area contributed by atoms with Crippen molar-refractivity contribution in [3.05, 3.63) is 53.9 Å². The highest BCUT2D eigenvalue weighted by Crippen LogP contribution is 2.47. The summed E-state index contributed by atoms with van der Waals surface area (Å²) in [6.07, 6.45) is 10.9. The Morgan fingerprint density at radius 2 is 2.04 bits per heavy atom. The number of rotatable bonds is 6. The Hall–Kier alpha value is -2.10. The smallest absolute Gasteiger partial charge is 0.223 e. The van der Waals surface area contributed by atoms with Crippen LogP contribution < -0.4 is 5.32 Å². The van der Waals surface area contributed by atoms with Crippen molar-refractivity contribution in [3.8, 4) is 0 Å². The van der Waals surface area contributed by atoms with Gasteiger partial charge < -0.3 is 5.32 Å². The van der Waals surface area contributed by atoms with E-state index >= 15 is 0 Å². The van der Waals surface area contributed by atoms with E-state index < -0.39 is 0 Å². The Balaban J connectivity index is 1.40. The number of hydrogen-bond acceptors (Lipinski definition) is 2. The van der Waals surface area contributed by atoms with Gasteiger partial charge in [0.1, 0.15) is 0 Å². The van der Waals surface area contributed by atoms with Crippen LogP contribution in [0.15, 0.2) is 42.7 Å². The van der Waals surface area contributed by atoms with Crippen LogP contribution in [0, 0.1) is 11.8 Å². The molecule has 0 unspecified atom stereocenters. The molecule has 4 rings (SSSR count). The van der Waals surface area contributed by atoms with E-state index in [1.54, 1.807) is 0 Å². The molecule has 0 radical (unpaired) electrons. The maximum Gasteiger partial charge on any atom is 0.223 e. The summed E-state index contributed by atoms with van der Waals surface area (Å²) in [5.74, 6) is 1.35. The highest BCUT2D eigenvalue weighted by atomic mass is 16.2. The van der Waals surface area contributed by atoms with Gasteiger partial charge in [-0.25, -0.2) is 0 Å². The van der Waals surface area contributed by atoms with Gasteiger partial charge in [-0.05, 0) is 48.6 Å². The molecule has 2 aliphatic rings. The molecule has 0 aliphatic heterocycles. The Labute approximate surface area is 149 Å². The van der Waals surface area contributed by atoms with E-state index in [0.717, 1.165) is 12.8 Å². The minimum atomic E-state index is 0.129. The van der Waals surface area contributed by atoms with Gasteiger partial charge in [0.25, 0.3) is 0 Å². The lowest BCUT2D eigenvalue weighted by Crippen LogP contribution is -2.42. The zero-order chi connectivity index (χ0) is 17.2. The average Bonchev–Trinajstić information content (AvgIpc) is 3.02. The predicted octanol–water partition coefficient (Wildman–Crippen LogP) is 3.44. The van der Waals surface area contributed by atoms with E-state index in [1.807, 2.05) is 24.1 Å². The molecular weight excluding hydrogens is 310 g/mol. The van der Waals surface area contributed by atoms with E-state index in [0.29, 0.717) is 11.8 Å². The van der Waals surface area contributed by atoms with Crippen molar-refractivity contribution in [3.63, 3.8) is 0 Å². The molecule has 132 valence electrons. The molecule has 4 nitrogen and oxygen atoms in total. The van der Waals surface area contributed by atoms with Gasteiger partial charge in [0.15, 0.2) is 0 Å². The minimum absolute atomic E-state index is 0.129. The zero-order valence-electron chi connectivity index (χ0n) is 14.9. The average molecular weight is 337 g/mol. The van der Waals surface area contributed by atoms with Crippen molar-refractivity contribution in [2.75, 3.05) is 0 Å². The molecule has 0 saturated heterocycles. The Morgan fingerprint density at radius 3 is 2.72 bits per heavy atom. The van der Waals surface area contributed by atoms with E-state index in [1.165, 1.54) is 36.8 Å². The molecular formula is C21H27N3O. The molecule has 0 bridgehead atoms. The first-order valence-corrected chi connectivity index (χ1v) is 9.53. The normalized spacial score (nSPS) is 24.2. The zero-order valence-corrected chi connectivity index (χ0v) is 14.9. The number of hydrogen-bond donors (Lipinski definition) is 1. The Kier molecular flexibility index (Phi) is 4.60. The van der Waals surface area contributed by atoms with Crippen LogP contribution in [0.3, 0.4) is 0 Å². The number of amides is 1. The summed E-state index contributed by atoms with van der Waals surface area (Å²) in [6, 6.07) is 10.8. The second-order valence-corrected chi connectivity index (χ2v) is 7.75. The third-order valence-electron chi connectivity index (χ3n) is 5.88. The van der Waals surface area contributed by atoms with E-state index in [4.69, 9.17) is 0 Å². The number of nitrogens with zero attached hydrogens (tertiary/aromatic N) is 2. The molecule has 1 aromatic heterocycles. The first-order chi connectivity index (χ1) is 12.2. The standard InChI is InChI=1S/C21H27N3O/c1-24-14-17(13-22-24)18-12-19(18)21(25)23-20(16-9-5-6-10-16)11-15-7-3-2-4-8-15/h2-4,7-8,13-14,16,18-20H,5-6,9-12H2,1H3,(H,23,25)/t18-,19+,20+/m0/s1. The SMILES string of the molecule is Cn1cc([C@@H]2C[C@H]2C(=O)N[C@H](Cc2ccccc2)C2CCCC2)cn1. The van der Waals surface area contributed by atoms with Crippen molar-refractivity contribution >= 4 is 5.91 Å². The van der Waals surface area contributed by atoms with Crippen LogP contribution >= 0.6 is 0 Å². The summed E-state index contributed by atoms with van der Waals surface area (Å²) in [6.45, 7) is 0. The predicted molar refractivity (Wildman–Crippen MR) is 98.1 cm³/mol. The quantitative estimate of drug-likeness (QED) is 0.878. The Bertz CT molecular complexity index is 718. The van der Waals surface area contributed by atoms with Gasteiger partial charge in [-0.2, -0.15) is 5.10 Å². The third kappa shape index (κ3) is 3.78. The number of aryl methyl sites for hydroxylation is 1. The van der Waals surface area contributed by atoms with Crippen molar-refractivity contribution in [1.29, 1.82) is 0 Å². The monoisotopic (exact) mass is 337 g/mol. The van der Waals surface area contributed by atoms with Crippen LogP contribution in [-0.2, 0) is 18.3 Å². The summed E-state index contributed by atoms with van der Waals surface area (Å²) in [4.78, 5) is 12.8. The summed E-state index contributed by atoms with van der Waals surface area (Å²) in [5, 5.41) is 7.65. The molecule has 2 aliphatic carbocycles. The largest absolute Gasteiger partial charge is 0.353 e. The molecule has 1 N–H and O–H groups in total. The van der Waals surface area contributed by atoms with Gasteiger partial charge in [0, 0.05) is 25.2 Å². The van der Waals surface area contributed by atoms with Crippen LogP contribution in [0.4, 0.5) is 0 Å². The van der Waals surface area contributed by atoms with Crippen LogP contribution in [-0.4, -0.2) is 21.7 Å². The maximum absolute atomic E-state index is 12.8. The number of carbonyl (C=O) groups excluding carboxylic acids is 1. The second kappa shape index (κ2) is 7.03. The second-order valence-electron chi connectivity index (χ2n) is 7.75. The Morgan fingerprint density at radius 1 is 1.28 bits per heavy atom. The van der Waals surface area contributed by atoms with Gasteiger partial charge in [-0.1, -0.05) is 43.2 Å². The molecule has 2 aromatic rings. The fraction of sp³-hybridized carbons (Fsp3) is 0.524. The van der Waals surface area contributed by atoms with Gasteiger partial charge in [0.05, 0.1) is 6.20 Å². The minimum Gasteiger partial charge on any atom is -0.353 e. The molecule has 25 heavy (non-hydrogen) atoms. The molecule has 4 heteroatoms. The number of benzene rings is 1. The third-order valence-corrected chi connectivity index (χ3v) is 5.88. The van der Waals surface area contributed by atoms with Crippen LogP contribution in [0.1, 0.15) is 49.1 Å². The first-order valence-electron chi connectivity index (χ1n) is 9.53. The molecule has 3 atom stereocenters. The van der Waals surface area contributed by atoms with Gasteiger partial charge in [-0.3, -0.25) is 9.48 Å². The van der Waals surface area contributed by atoms with Crippen molar-refractivity contribution in [2.45, 2.75) is 50.5 Å². The lowest BCUT2D eigenvalue weighted by atomic mass is 9.92. The van der Waals surface area contributed by atoms with Crippen molar-refractivity contribution in [1.82, 2.24) is 15.1 Å². The summed E-state index contributed by atoms with van der Waals surface area (Å²) in [7, 11) is 1.93.